The van der Waals surface area contributed by atoms with Crippen LogP contribution >= 0.6 is 0 Å². The number of amides is 1. The van der Waals surface area contributed by atoms with E-state index in [0.717, 1.165) is 32.5 Å². The number of likely N-dealkylation sites (N-methyl/N-ethyl adjacent to an activating group) is 1. The van der Waals surface area contributed by atoms with E-state index in [-0.39, 0.29) is 5.91 Å². The number of nitrogens with zero attached hydrogens (tertiary/aromatic N) is 2. The summed E-state index contributed by atoms with van der Waals surface area (Å²) < 4.78 is 0. The maximum Gasteiger partial charge on any atom is 0.236 e. The van der Waals surface area contributed by atoms with Crippen molar-refractivity contribution in [3.05, 3.63) is 0 Å². The first kappa shape index (κ1) is 12.8. The second kappa shape index (κ2) is 4.94. The van der Waals surface area contributed by atoms with Gasteiger partial charge in [-0.05, 0) is 39.5 Å². The van der Waals surface area contributed by atoms with Crippen LogP contribution in [0.25, 0.3) is 0 Å². The molecule has 1 heterocycles. The second-order valence-electron chi connectivity index (χ2n) is 5.68. The Kier molecular flexibility index (Phi) is 3.73. The van der Waals surface area contributed by atoms with Gasteiger partial charge in [-0.1, -0.05) is 0 Å². The topological polar surface area (TPSA) is 43.8 Å². The second-order valence-corrected chi connectivity index (χ2v) is 5.68. The van der Waals surface area contributed by atoms with Crippen LogP contribution in [-0.2, 0) is 4.79 Å². The molecule has 1 saturated carbocycles. The molecule has 1 aliphatic heterocycles. The van der Waals surface area contributed by atoms with Crippen LogP contribution in [0, 0.1) is 0 Å². The van der Waals surface area contributed by atoms with Gasteiger partial charge in [0.2, 0.25) is 5.91 Å². The zero-order chi connectivity index (χ0) is 12.5. The van der Waals surface area contributed by atoms with E-state index in [2.05, 4.69) is 11.8 Å². The van der Waals surface area contributed by atoms with E-state index in [0.29, 0.717) is 12.6 Å². The predicted octanol–water partition coefficient (Wildman–Crippen LogP) is 0.844. The average Bonchev–Trinajstić information content (AvgIpc) is 3.07. The van der Waals surface area contributed by atoms with Crippen molar-refractivity contribution >= 4 is 5.91 Å². The summed E-state index contributed by atoms with van der Waals surface area (Å²) in [6.07, 6.45) is 3.90. The Hall–Kier alpha value is -0.610. The smallest absolute Gasteiger partial charge is 0.236 e. The van der Waals surface area contributed by atoms with Gasteiger partial charge in [0.15, 0.2) is 0 Å². The molecule has 4 heteroatoms. The van der Waals surface area contributed by atoms with Crippen LogP contribution in [0.5, 0.6) is 0 Å². The minimum atomic E-state index is -0.527. The van der Waals surface area contributed by atoms with Crippen molar-refractivity contribution in [2.24, 2.45) is 0 Å². The summed E-state index contributed by atoms with van der Waals surface area (Å²) in [5.41, 5.74) is -0.527. The molecule has 98 valence electrons. The lowest BCUT2D eigenvalue weighted by Gasteiger charge is -2.36. The molecule has 4 nitrogen and oxygen atoms in total. The minimum absolute atomic E-state index is 0.261. The first-order valence-corrected chi connectivity index (χ1v) is 6.76. The molecule has 2 aliphatic rings. The Labute approximate surface area is 104 Å². The van der Waals surface area contributed by atoms with Gasteiger partial charge in [-0.15, -0.1) is 0 Å². The summed E-state index contributed by atoms with van der Waals surface area (Å²) >= 11 is 0. The lowest BCUT2D eigenvalue weighted by atomic mass is 9.94. The number of hydrogen-bond acceptors (Lipinski definition) is 3. The van der Waals surface area contributed by atoms with E-state index in [9.17, 15) is 9.90 Å². The molecule has 1 saturated heterocycles. The van der Waals surface area contributed by atoms with Gasteiger partial charge in [-0.3, -0.25) is 9.69 Å². The fourth-order valence-corrected chi connectivity index (χ4v) is 2.50. The quantitative estimate of drug-likeness (QED) is 0.792. The van der Waals surface area contributed by atoms with Crippen LogP contribution < -0.4 is 0 Å². The zero-order valence-electron chi connectivity index (χ0n) is 11.0. The number of likely N-dealkylation sites (tertiary alicyclic amines) is 1. The Bertz CT molecular complexity index is 277. The molecule has 1 N–H and O–H groups in total. The van der Waals surface area contributed by atoms with Gasteiger partial charge in [0, 0.05) is 25.7 Å². The fraction of sp³-hybridized carbons (Fsp3) is 0.923. The van der Waals surface area contributed by atoms with Crippen molar-refractivity contribution in [2.45, 2.75) is 51.2 Å². The van der Waals surface area contributed by atoms with Crippen LogP contribution in [0.4, 0.5) is 0 Å². The maximum absolute atomic E-state index is 12.1. The van der Waals surface area contributed by atoms with E-state index in [1.54, 1.807) is 0 Å². The largest absolute Gasteiger partial charge is 0.390 e. The number of carbonyl (C=O) groups is 1. The molecular weight excluding hydrogens is 216 g/mol. The Morgan fingerprint density at radius 2 is 2.00 bits per heavy atom. The molecule has 0 radical (unpaired) electrons. The molecule has 0 bridgehead atoms. The van der Waals surface area contributed by atoms with Gasteiger partial charge in [0.25, 0.3) is 0 Å². The Balaban J connectivity index is 1.79. The standard InChI is InChI=1S/C13H24N2O2/c1-3-15(11-4-5-11)12(16)10-14-8-6-13(2,17)7-9-14/h11,17H,3-10H2,1-2H3. The lowest BCUT2D eigenvalue weighted by molar-refractivity contribution is -0.133. The third-order valence-corrected chi connectivity index (χ3v) is 3.94. The lowest BCUT2D eigenvalue weighted by Crippen LogP contribution is -2.47. The van der Waals surface area contributed by atoms with Crippen molar-refractivity contribution in [3.63, 3.8) is 0 Å². The summed E-state index contributed by atoms with van der Waals surface area (Å²) in [5, 5.41) is 9.86. The number of carbonyl (C=O) groups excluding carboxylic acids is 1. The molecule has 0 atom stereocenters. The summed E-state index contributed by atoms with van der Waals surface area (Å²) in [6, 6.07) is 0.514. The third-order valence-electron chi connectivity index (χ3n) is 3.94. The van der Waals surface area contributed by atoms with Gasteiger partial charge in [-0.25, -0.2) is 0 Å². The maximum atomic E-state index is 12.1. The zero-order valence-corrected chi connectivity index (χ0v) is 11.0. The number of piperidine rings is 1. The van der Waals surface area contributed by atoms with E-state index < -0.39 is 5.60 Å². The van der Waals surface area contributed by atoms with E-state index >= 15 is 0 Å². The van der Waals surface area contributed by atoms with Gasteiger partial charge in [0.05, 0.1) is 12.1 Å². The highest BCUT2D eigenvalue weighted by molar-refractivity contribution is 5.78. The van der Waals surface area contributed by atoms with Crippen molar-refractivity contribution in [2.75, 3.05) is 26.2 Å². The van der Waals surface area contributed by atoms with Crippen LogP contribution in [-0.4, -0.2) is 58.6 Å². The molecule has 2 rings (SSSR count). The average molecular weight is 240 g/mol. The Morgan fingerprint density at radius 3 is 2.47 bits per heavy atom. The highest BCUT2D eigenvalue weighted by Crippen LogP contribution is 2.27. The SMILES string of the molecule is CCN(C(=O)CN1CCC(C)(O)CC1)C1CC1. The molecule has 0 spiro atoms. The molecule has 1 amide bonds. The van der Waals surface area contributed by atoms with Gasteiger partial charge in [0.1, 0.15) is 0 Å². The first-order chi connectivity index (χ1) is 8.02. The van der Waals surface area contributed by atoms with Crippen molar-refractivity contribution in [1.29, 1.82) is 0 Å². The normalized spacial score (nSPS) is 24.6. The van der Waals surface area contributed by atoms with Crippen molar-refractivity contribution < 1.29 is 9.90 Å². The number of aliphatic hydroxyl groups is 1. The van der Waals surface area contributed by atoms with Gasteiger partial charge >= 0.3 is 0 Å². The van der Waals surface area contributed by atoms with Crippen LogP contribution in [0.15, 0.2) is 0 Å². The summed E-state index contributed by atoms with van der Waals surface area (Å²) in [6.45, 7) is 6.96. The molecule has 0 aromatic carbocycles. The van der Waals surface area contributed by atoms with E-state index in [1.807, 2.05) is 11.8 Å². The highest BCUT2D eigenvalue weighted by atomic mass is 16.3. The summed E-state index contributed by atoms with van der Waals surface area (Å²) in [4.78, 5) is 16.3. The predicted molar refractivity (Wildman–Crippen MR) is 66.7 cm³/mol. The van der Waals surface area contributed by atoms with Gasteiger partial charge < -0.3 is 10.0 Å². The summed E-state index contributed by atoms with van der Waals surface area (Å²) in [5.74, 6) is 0.261. The highest BCUT2D eigenvalue weighted by Gasteiger charge is 2.33. The summed E-state index contributed by atoms with van der Waals surface area (Å²) in [7, 11) is 0. The van der Waals surface area contributed by atoms with Crippen LogP contribution in [0.2, 0.25) is 0 Å². The number of rotatable bonds is 4. The molecule has 1 aliphatic carbocycles. The minimum Gasteiger partial charge on any atom is -0.390 e. The molecule has 0 unspecified atom stereocenters. The molecular formula is C13H24N2O2. The van der Waals surface area contributed by atoms with Crippen LogP contribution in [0.1, 0.15) is 39.5 Å². The van der Waals surface area contributed by atoms with Crippen LogP contribution in [0.3, 0.4) is 0 Å². The van der Waals surface area contributed by atoms with Crippen molar-refractivity contribution in [3.8, 4) is 0 Å². The number of hydrogen-bond donors (Lipinski definition) is 1. The van der Waals surface area contributed by atoms with E-state index in [1.165, 1.54) is 12.8 Å². The monoisotopic (exact) mass is 240 g/mol. The molecule has 0 aromatic heterocycles. The molecule has 0 aromatic rings. The molecule has 17 heavy (non-hydrogen) atoms. The Morgan fingerprint density at radius 1 is 1.41 bits per heavy atom. The molecule has 2 fully saturated rings. The third kappa shape index (κ3) is 3.42. The van der Waals surface area contributed by atoms with Crippen molar-refractivity contribution in [1.82, 2.24) is 9.80 Å². The fourth-order valence-electron chi connectivity index (χ4n) is 2.50. The first-order valence-electron chi connectivity index (χ1n) is 6.76. The van der Waals surface area contributed by atoms with E-state index in [4.69, 9.17) is 0 Å². The van der Waals surface area contributed by atoms with Gasteiger partial charge in [-0.2, -0.15) is 0 Å².